The van der Waals surface area contributed by atoms with Crippen LogP contribution in [0.5, 0.6) is 11.5 Å². The number of ether oxygens (including phenoxy) is 2. The molecule has 5 nitrogen and oxygen atoms in total. The predicted molar refractivity (Wildman–Crippen MR) is 136 cm³/mol. The summed E-state index contributed by atoms with van der Waals surface area (Å²) in [5.41, 5.74) is 1.21. The zero-order valence-electron chi connectivity index (χ0n) is 20.6. The van der Waals surface area contributed by atoms with E-state index in [1.807, 2.05) is 12.1 Å². The van der Waals surface area contributed by atoms with Crippen molar-refractivity contribution in [3.8, 4) is 11.5 Å². The van der Waals surface area contributed by atoms with Crippen LogP contribution in [0.15, 0.2) is 42.7 Å². The largest absolute Gasteiger partial charge is 0.490 e. The summed E-state index contributed by atoms with van der Waals surface area (Å²) in [6.07, 6.45) is 17.9. The molecule has 0 aliphatic heterocycles. The molecule has 0 radical (unpaired) electrons. The van der Waals surface area contributed by atoms with Crippen LogP contribution in [0, 0.1) is 0 Å². The third kappa shape index (κ3) is 11.2. The molecule has 0 saturated carbocycles. The number of aromatic nitrogens is 1. The van der Waals surface area contributed by atoms with Gasteiger partial charge in [-0.3, -0.25) is 9.78 Å². The molecule has 1 amide bonds. The van der Waals surface area contributed by atoms with Gasteiger partial charge in [0, 0.05) is 11.8 Å². The Bertz CT molecular complexity index is 780. The van der Waals surface area contributed by atoms with E-state index in [1.165, 1.54) is 57.8 Å². The van der Waals surface area contributed by atoms with Crippen LogP contribution in [0.1, 0.15) is 101 Å². The Kier molecular flexibility index (Phi) is 13.7. The van der Waals surface area contributed by atoms with Crippen molar-refractivity contribution in [3.05, 3.63) is 48.3 Å². The monoisotopic (exact) mass is 454 g/mol. The van der Waals surface area contributed by atoms with Gasteiger partial charge in [-0.25, -0.2) is 0 Å². The molecule has 0 unspecified atom stereocenters. The molecule has 0 saturated heterocycles. The number of pyridine rings is 1. The molecule has 0 aliphatic carbocycles. The van der Waals surface area contributed by atoms with Crippen LogP contribution in [0.3, 0.4) is 0 Å². The molecule has 0 bridgehead atoms. The van der Waals surface area contributed by atoms with Crippen molar-refractivity contribution in [2.45, 2.75) is 90.9 Å². The number of amides is 1. The minimum absolute atomic E-state index is 0.185. The van der Waals surface area contributed by atoms with Gasteiger partial charge in [0.05, 0.1) is 25.1 Å². The Balaban J connectivity index is 1.92. The number of nitrogens with zero attached hydrogens (tertiary/aromatic N) is 1. The van der Waals surface area contributed by atoms with Crippen LogP contribution in [0.2, 0.25) is 0 Å². The Hall–Kier alpha value is -2.56. The lowest BCUT2D eigenvalue weighted by atomic mass is 10.1. The first kappa shape index (κ1) is 26.7. The highest BCUT2D eigenvalue weighted by Gasteiger charge is 2.12. The highest BCUT2D eigenvalue weighted by atomic mass is 16.5. The van der Waals surface area contributed by atoms with Crippen molar-refractivity contribution in [3.63, 3.8) is 0 Å². The third-order valence-electron chi connectivity index (χ3n) is 5.64. The van der Waals surface area contributed by atoms with Gasteiger partial charge in [-0.05, 0) is 43.2 Å². The van der Waals surface area contributed by atoms with E-state index < -0.39 is 0 Å². The molecule has 0 aliphatic rings. The number of hydrogen-bond acceptors (Lipinski definition) is 4. The van der Waals surface area contributed by atoms with Gasteiger partial charge in [0.15, 0.2) is 11.5 Å². The molecule has 0 spiro atoms. The molecular weight excluding hydrogens is 412 g/mol. The van der Waals surface area contributed by atoms with Gasteiger partial charge < -0.3 is 14.8 Å². The van der Waals surface area contributed by atoms with Gasteiger partial charge in [0.1, 0.15) is 0 Å². The molecule has 0 fully saturated rings. The average molecular weight is 455 g/mol. The van der Waals surface area contributed by atoms with Crippen molar-refractivity contribution in [1.29, 1.82) is 0 Å². The molecule has 182 valence electrons. The Morgan fingerprint density at radius 1 is 0.788 bits per heavy atom. The van der Waals surface area contributed by atoms with Crippen molar-refractivity contribution < 1.29 is 14.3 Å². The zero-order chi connectivity index (χ0) is 23.6. The van der Waals surface area contributed by atoms with E-state index in [9.17, 15) is 4.79 Å². The van der Waals surface area contributed by atoms with Crippen LogP contribution >= 0.6 is 0 Å². The summed E-state index contributed by atoms with van der Waals surface area (Å²) < 4.78 is 12.1. The summed E-state index contributed by atoms with van der Waals surface area (Å²) in [4.78, 5) is 16.7. The number of rotatable bonds is 18. The van der Waals surface area contributed by atoms with Crippen LogP contribution < -0.4 is 14.8 Å². The van der Waals surface area contributed by atoms with E-state index in [1.54, 1.807) is 30.6 Å². The topological polar surface area (TPSA) is 60.5 Å². The van der Waals surface area contributed by atoms with Gasteiger partial charge in [-0.15, -0.1) is 0 Å². The first-order valence-electron chi connectivity index (χ1n) is 12.9. The summed E-state index contributed by atoms with van der Waals surface area (Å²) in [7, 11) is 0. The quantitative estimate of drug-likeness (QED) is 0.233. The van der Waals surface area contributed by atoms with Crippen LogP contribution in [-0.4, -0.2) is 24.1 Å². The van der Waals surface area contributed by atoms with E-state index in [4.69, 9.17) is 9.47 Å². The summed E-state index contributed by atoms with van der Waals surface area (Å²) in [5, 5.41) is 2.88. The summed E-state index contributed by atoms with van der Waals surface area (Å²) in [6.45, 7) is 5.76. The molecule has 1 heterocycles. The van der Waals surface area contributed by atoms with Gasteiger partial charge in [0.25, 0.3) is 5.91 Å². The Morgan fingerprint density at radius 2 is 1.39 bits per heavy atom. The highest BCUT2D eigenvalue weighted by Crippen LogP contribution is 2.29. The van der Waals surface area contributed by atoms with Crippen LogP contribution in [0.25, 0.3) is 0 Å². The number of hydrogen-bond donors (Lipinski definition) is 1. The maximum Gasteiger partial charge on any atom is 0.255 e. The normalized spacial score (nSPS) is 10.7. The molecule has 33 heavy (non-hydrogen) atoms. The third-order valence-corrected chi connectivity index (χ3v) is 5.64. The molecule has 1 aromatic carbocycles. The van der Waals surface area contributed by atoms with E-state index in [0.717, 1.165) is 19.3 Å². The molecule has 2 rings (SSSR count). The smallest absolute Gasteiger partial charge is 0.255 e. The lowest BCUT2D eigenvalue weighted by Crippen LogP contribution is -2.12. The first-order valence-corrected chi connectivity index (χ1v) is 12.9. The Labute approximate surface area is 200 Å². The van der Waals surface area contributed by atoms with Crippen molar-refractivity contribution in [1.82, 2.24) is 4.98 Å². The lowest BCUT2D eigenvalue weighted by molar-refractivity contribution is 0.102. The minimum Gasteiger partial charge on any atom is -0.490 e. The maximum atomic E-state index is 12.7. The molecule has 1 N–H and O–H groups in total. The summed E-state index contributed by atoms with van der Waals surface area (Å²) in [6, 6.07) is 9.05. The number of unbranched alkanes of at least 4 members (excludes halogenated alkanes) is 10. The van der Waals surface area contributed by atoms with E-state index in [0.29, 0.717) is 36.0 Å². The molecule has 1 aromatic heterocycles. The van der Waals surface area contributed by atoms with E-state index in [-0.39, 0.29) is 5.91 Å². The molecular formula is C28H42N2O3. The second kappa shape index (κ2) is 17.0. The number of anilines is 1. The fraction of sp³-hybridized carbons (Fsp3) is 0.571. The van der Waals surface area contributed by atoms with Gasteiger partial charge in [0.2, 0.25) is 0 Å². The number of benzene rings is 1. The second-order valence-corrected chi connectivity index (χ2v) is 8.59. The Morgan fingerprint density at radius 3 is 2.00 bits per heavy atom. The van der Waals surface area contributed by atoms with Crippen LogP contribution in [-0.2, 0) is 0 Å². The number of carbonyl (C=O) groups is 1. The van der Waals surface area contributed by atoms with Crippen LogP contribution in [0.4, 0.5) is 5.69 Å². The maximum absolute atomic E-state index is 12.7. The first-order chi connectivity index (χ1) is 16.2. The fourth-order valence-corrected chi connectivity index (χ4v) is 3.65. The van der Waals surface area contributed by atoms with Crippen molar-refractivity contribution >= 4 is 11.6 Å². The van der Waals surface area contributed by atoms with Gasteiger partial charge in [-0.1, -0.05) is 78.1 Å². The SMILES string of the molecule is CCCCCCCCOc1ccc(C(=O)Nc2cccnc2)cc1OCCCCCCCC. The summed E-state index contributed by atoms with van der Waals surface area (Å²) >= 11 is 0. The highest BCUT2D eigenvalue weighted by molar-refractivity contribution is 6.04. The zero-order valence-corrected chi connectivity index (χ0v) is 20.6. The van der Waals surface area contributed by atoms with Gasteiger partial charge in [-0.2, -0.15) is 0 Å². The molecule has 5 heteroatoms. The number of nitrogens with one attached hydrogen (secondary N) is 1. The van der Waals surface area contributed by atoms with Crippen molar-refractivity contribution in [2.24, 2.45) is 0 Å². The van der Waals surface area contributed by atoms with E-state index >= 15 is 0 Å². The lowest BCUT2D eigenvalue weighted by Gasteiger charge is -2.14. The summed E-state index contributed by atoms with van der Waals surface area (Å²) in [5.74, 6) is 1.18. The average Bonchev–Trinajstić information content (AvgIpc) is 2.84. The van der Waals surface area contributed by atoms with E-state index in [2.05, 4.69) is 24.1 Å². The predicted octanol–water partition coefficient (Wildman–Crippen LogP) is 7.81. The fourth-order valence-electron chi connectivity index (χ4n) is 3.65. The molecule has 0 atom stereocenters. The van der Waals surface area contributed by atoms with Gasteiger partial charge >= 0.3 is 0 Å². The second-order valence-electron chi connectivity index (χ2n) is 8.59. The number of carbonyl (C=O) groups excluding carboxylic acids is 1. The minimum atomic E-state index is -0.185. The molecule has 2 aromatic rings. The standard InChI is InChI=1S/C28H42N2O3/c1-3-5-7-9-11-13-20-32-26-18-17-24(28(31)30-25-16-15-19-29-23-25)22-27(26)33-21-14-12-10-8-6-4-2/h15-19,22-23H,3-14,20-21H2,1-2H3,(H,30,31). The van der Waals surface area contributed by atoms with Crippen molar-refractivity contribution in [2.75, 3.05) is 18.5 Å².